The second-order valence-electron chi connectivity index (χ2n) is 4.95. The van der Waals surface area contributed by atoms with Gasteiger partial charge in [-0.2, -0.15) is 11.8 Å². The number of carbonyl (C=O) groups excluding carboxylic acids is 1. The van der Waals surface area contributed by atoms with Crippen molar-refractivity contribution in [3.63, 3.8) is 0 Å². The summed E-state index contributed by atoms with van der Waals surface area (Å²) in [5.74, 6) is 0. The summed E-state index contributed by atoms with van der Waals surface area (Å²) in [7, 11) is 0. The number of nitrogens with one attached hydrogen (secondary N) is 2. The van der Waals surface area contributed by atoms with Crippen molar-refractivity contribution in [3.05, 3.63) is 21.4 Å². The third-order valence-electron chi connectivity index (χ3n) is 3.29. The molecule has 4 nitrogen and oxygen atoms in total. The van der Waals surface area contributed by atoms with Crippen molar-refractivity contribution < 1.29 is 9.90 Å². The van der Waals surface area contributed by atoms with E-state index < -0.39 is 0 Å². The quantitative estimate of drug-likeness (QED) is 0.756. The second-order valence-corrected chi connectivity index (χ2v) is 7.49. The van der Waals surface area contributed by atoms with Crippen LogP contribution in [0.15, 0.2) is 6.07 Å². The van der Waals surface area contributed by atoms with Gasteiger partial charge in [-0.1, -0.05) is 0 Å². The molecule has 1 aromatic rings. The lowest BCUT2D eigenvalue weighted by Gasteiger charge is -2.23. The molecule has 3 unspecified atom stereocenters. The van der Waals surface area contributed by atoms with Crippen molar-refractivity contribution in [1.82, 2.24) is 10.6 Å². The van der Waals surface area contributed by atoms with Crippen LogP contribution in [0.5, 0.6) is 0 Å². The average molecular weight is 316 g/mol. The number of thioether (sulfide) groups is 1. The van der Waals surface area contributed by atoms with Gasteiger partial charge in [0.2, 0.25) is 0 Å². The van der Waals surface area contributed by atoms with Crippen LogP contribution in [0.25, 0.3) is 0 Å². The molecule has 0 radical (unpaired) electrons. The Morgan fingerprint density at radius 3 is 2.50 bits per heavy atom. The number of aryl methyl sites for hydroxylation is 2. The highest BCUT2D eigenvalue weighted by atomic mass is 32.2. The van der Waals surface area contributed by atoms with Gasteiger partial charge in [-0.3, -0.25) is 0 Å². The predicted octanol–water partition coefficient (Wildman–Crippen LogP) is 2.84. The number of thiophene rings is 1. The van der Waals surface area contributed by atoms with Crippen LogP contribution in [0.4, 0.5) is 4.79 Å². The van der Waals surface area contributed by atoms with Crippen LogP contribution in [0.2, 0.25) is 0 Å². The Kier molecular flexibility index (Phi) is 6.85. The first-order valence-electron chi connectivity index (χ1n) is 6.66. The molecule has 0 saturated heterocycles. The topological polar surface area (TPSA) is 61.4 Å². The van der Waals surface area contributed by atoms with Gasteiger partial charge in [0.05, 0.1) is 12.6 Å². The summed E-state index contributed by atoms with van der Waals surface area (Å²) in [6, 6.07) is 1.83. The first-order valence-corrected chi connectivity index (χ1v) is 8.77. The van der Waals surface area contributed by atoms with E-state index in [9.17, 15) is 9.90 Å². The number of hydrogen-bond acceptors (Lipinski definition) is 4. The summed E-state index contributed by atoms with van der Waals surface area (Å²) in [4.78, 5) is 14.5. The predicted molar refractivity (Wildman–Crippen MR) is 87.7 cm³/mol. The minimum absolute atomic E-state index is 0.0150. The van der Waals surface area contributed by atoms with Crippen molar-refractivity contribution in [2.75, 3.05) is 12.9 Å². The lowest BCUT2D eigenvalue weighted by Crippen LogP contribution is -2.46. The van der Waals surface area contributed by atoms with E-state index in [1.54, 1.807) is 23.1 Å². The number of amides is 2. The van der Waals surface area contributed by atoms with E-state index in [0.29, 0.717) is 0 Å². The van der Waals surface area contributed by atoms with Gasteiger partial charge < -0.3 is 15.7 Å². The van der Waals surface area contributed by atoms with Gasteiger partial charge in [-0.25, -0.2) is 4.79 Å². The van der Waals surface area contributed by atoms with Gasteiger partial charge in [0.15, 0.2) is 0 Å². The van der Waals surface area contributed by atoms with Gasteiger partial charge >= 0.3 is 6.03 Å². The number of rotatable bonds is 6. The van der Waals surface area contributed by atoms with Gasteiger partial charge in [-0.15, -0.1) is 11.3 Å². The van der Waals surface area contributed by atoms with Crippen LogP contribution in [-0.2, 0) is 0 Å². The molecule has 3 N–H and O–H groups in total. The molecule has 0 bridgehead atoms. The Morgan fingerprint density at radius 2 is 2.05 bits per heavy atom. The molecule has 0 aliphatic rings. The third-order valence-corrected chi connectivity index (χ3v) is 5.44. The van der Waals surface area contributed by atoms with E-state index in [4.69, 9.17) is 0 Å². The Morgan fingerprint density at radius 1 is 1.40 bits per heavy atom. The molecule has 0 spiro atoms. The van der Waals surface area contributed by atoms with Crippen LogP contribution in [-0.4, -0.2) is 35.3 Å². The second kappa shape index (κ2) is 7.90. The Labute approximate surface area is 129 Å². The Hall–Kier alpha value is -0.720. The van der Waals surface area contributed by atoms with Gasteiger partial charge in [0.25, 0.3) is 0 Å². The lowest BCUT2D eigenvalue weighted by atomic mass is 10.1. The monoisotopic (exact) mass is 316 g/mol. The summed E-state index contributed by atoms with van der Waals surface area (Å²) in [5.41, 5.74) is 1.17. The highest BCUT2D eigenvalue weighted by molar-refractivity contribution is 7.99. The maximum absolute atomic E-state index is 12.0. The zero-order chi connectivity index (χ0) is 15.3. The molecule has 3 atom stereocenters. The fourth-order valence-corrected chi connectivity index (χ4v) is 3.78. The molecule has 0 aliphatic carbocycles. The highest BCUT2D eigenvalue weighted by Crippen LogP contribution is 2.26. The molecule has 114 valence electrons. The molecule has 6 heteroatoms. The van der Waals surface area contributed by atoms with Crippen molar-refractivity contribution in [3.8, 4) is 0 Å². The minimum Gasteiger partial charge on any atom is -0.395 e. The molecule has 0 aliphatic heterocycles. The molecular formula is C14H24N2O2S2. The smallest absolute Gasteiger partial charge is 0.315 e. The van der Waals surface area contributed by atoms with E-state index in [2.05, 4.69) is 30.5 Å². The van der Waals surface area contributed by atoms with Crippen LogP contribution < -0.4 is 10.6 Å². The fourth-order valence-electron chi connectivity index (χ4n) is 2.13. The maximum atomic E-state index is 12.0. The molecule has 1 heterocycles. The largest absolute Gasteiger partial charge is 0.395 e. The molecular weight excluding hydrogens is 292 g/mol. The molecule has 0 saturated carbocycles. The lowest BCUT2D eigenvalue weighted by molar-refractivity contribution is 0.230. The zero-order valence-corrected chi connectivity index (χ0v) is 14.3. The number of aliphatic hydroxyl groups excluding tert-OH is 1. The summed E-state index contributed by atoms with van der Waals surface area (Å²) >= 11 is 3.29. The maximum Gasteiger partial charge on any atom is 0.315 e. The number of hydrogen-bond donors (Lipinski definition) is 3. The highest BCUT2D eigenvalue weighted by Gasteiger charge is 2.19. The fraction of sp³-hybridized carbons (Fsp3) is 0.643. The van der Waals surface area contributed by atoms with Crippen molar-refractivity contribution in [2.45, 2.75) is 45.0 Å². The molecule has 1 aromatic heterocycles. The van der Waals surface area contributed by atoms with Crippen molar-refractivity contribution >= 4 is 29.1 Å². The molecule has 20 heavy (non-hydrogen) atoms. The normalized spacial score (nSPS) is 15.5. The molecule has 1 rings (SSSR count). The van der Waals surface area contributed by atoms with Crippen LogP contribution in [0, 0.1) is 13.8 Å². The van der Waals surface area contributed by atoms with E-state index in [1.807, 2.05) is 20.1 Å². The SMILES string of the molecule is CSC(CO)C(C)NC(=O)NC(C)c1cc(C)sc1C. The summed E-state index contributed by atoms with van der Waals surface area (Å²) in [5, 5.41) is 15.1. The first-order chi connectivity index (χ1) is 9.38. The number of aliphatic hydroxyl groups is 1. The third kappa shape index (κ3) is 4.68. The Bertz CT molecular complexity index is 444. The van der Waals surface area contributed by atoms with Crippen LogP contribution in [0.1, 0.15) is 35.2 Å². The average Bonchev–Trinajstić information content (AvgIpc) is 2.69. The van der Waals surface area contributed by atoms with Gasteiger partial charge in [-0.05, 0) is 45.6 Å². The summed E-state index contributed by atoms with van der Waals surface area (Å²) in [6.07, 6.45) is 1.93. The van der Waals surface area contributed by atoms with E-state index in [0.717, 1.165) is 0 Å². The summed E-state index contributed by atoms with van der Waals surface area (Å²) in [6.45, 7) is 8.08. The van der Waals surface area contributed by atoms with Gasteiger partial charge in [0.1, 0.15) is 0 Å². The van der Waals surface area contributed by atoms with E-state index >= 15 is 0 Å². The number of urea groups is 1. The minimum atomic E-state index is -0.194. The molecule has 0 fully saturated rings. The van der Waals surface area contributed by atoms with Crippen LogP contribution >= 0.6 is 23.1 Å². The van der Waals surface area contributed by atoms with Crippen molar-refractivity contribution in [2.24, 2.45) is 0 Å². The first kappa shape index (κ1) is 17.3. The van der Waals surface area contributed by atoms with Gasteiger partial charge in [0, 0.05) is 21.0 Å². The Balaban J connectivity index is 2.56. The molecule has 0 aromatic carbocycles. The van der Waals surface area contributed by atoms with Crippen molar-refractivity contribution in [1.29, 1.82) is 0 Å². The van der Waals surface area contributed by atoms with E-state index in [1.165, 1.54) is 15.3 Å². The standard InChI is InChI=1S/C14H24N2O2S2/c1-8-6-12(11(4)20-8)9(2)15-14(18)16-10(3)13(7-17)19-5/h6,9-10,13,17H,7H2,1-5H3,(H2,15,16,18). The van der Waals surface area contributed by atoms with Crippen LogP contribution in [0.3, 0.4) is 0 Å². The number of carbonyl (C=O) groups is 1. The van der Waals surface area contributed by atoms with E-state index in [-0.39, 0.29) is 30.0 Å². The molecule has 2 amide bonds. The summed E-state index contributed by atoms with van der Waals surface area (Å²) < 4.78 is 0. The zero-order valence-electron chi connectivity index (χ0n) is 12.7.